The van der Waals surface area contributed by atoms with Crippen LogP contribution in [0.25, 0.3) is 22.3 Å². The minimum absolute atomic E-state index is 0.0190. The molecule has 0 amide bonds. The highest BCUT2D eigenvalue weighted by atomic mass is 32.2. The molecule has 0 saturated carbocycles. The number of ether oxygens (including phenoxy) is 1. The summed E-state index contributed by atoms with van der Waals surface area (Å²) in [5.41, 5.74) is -0.506. The van der Waals surface area contributed by atoms with Crippen LogP contribution in [0.5, 0.6) is 11.8 Å². The molecule has 4 aromatic rings. The minimum Gasteiger partial charge on any atom is -0.421 e. The number of nitrogens with zero attached hydrogens (tertiary/aromatic N) is 4. The van der Waals surface area contributed by atoms with Crippen molar-refractivity contribution >= 4 is 34.1 Å². The third kappa shape index (κ3) is 7.11. The van der Waals surface area contributed by atoms with E-state index in [-0.39, 0.29) is 40.4 Å². The van der Waals surface area contributed by atoms with Gasteiger partial charge in [-0.15, -0.1) is 0 Å². The van der Waals surface area contributed by atoms with Gasteiger partial charge in [0.2, 0.25) is 0 Å². The molecule has 2 aromatic heterocycles. The van der Waals surface area contributed by atoms with Gasteiger partial charge in [0.1, 0.15) is 45.5 Å². The molecule has 2 aromatic carbocycles. The standard InChI is InChI=1S/C23H22F4N5O5PS/c1-38(2,33)36-12-32-22-19(20(31-32)15-10-13(24)4-6-16(15)26)21(28-8-9-39(3,34)35)29-23(30-22)37-18-7-5-14(25)11-17(18)27/h4-7,10-11H,8-9,12H2,1-3H3,(H,28,29,30). The van der Waals surface area contributed by atoms with Gasteiger partial charge in [-0.1, -0.05) is 0 Å². The number of fused-ring (bicyclic) bond motifs is 1. The summed E-state index contributed by atoms with van der Waals surface area (Å²) in [6.07, 6.45) is 1.02. The zero-order valence-corrected chi connectivity index (χ0v) is 22.5. The van der Waals surface area contributed by atoms with Crippen molar-refractivity contribution in [3.63, 3.8) is 0 Å². The molecule has 0 spiro atoms. The molecule has 39 heavy (non-hydrogen) atoms. The van der Waals surface area contributed by atoms with Crippen LogP contribution in [-0.4, -0.2) is 60.0 Å². The number of rotatable bonds is 10. The molecular formula is C23H22F4N5O5PS. The van der Waals surface area contributed by atoms with Gasteiger partial charge in [0, 0.05) is 37.8 Å². The van der Waals surface area contributed by atoms with Gasteiger partial charge in [0.05, 0.1) is 11.1 Å². The Hall–Kier alpha value is -3.55. The Morgan fingerprint density at radius 1 is 1.00 bits per heavy atom. The summed E-state index contributed by atoms with van der Waals surface area (Å²) in [6.45, 7) is 2.10. The van der Waals surface area contributed by atoms with E-state index in [1.165, 1.54) is 13.3 Å². The van der Waals surface area contributed by atoms with Crippen LogP contribution in [0.1, 0.15) is 0 Å². The Kier molecular flexibility index (Phi) is 7.96. The zero-order valence-electron chi connectivity index (χ0n) is 20.8. The van der Waals surface area contributed by atoms with Gasteiger partial charge in [0.25, 0.3) is 0 Å². The molecule has 10 nitrogen and oxygen atoms in total. The molecule has 0 saturated heterocycles. The van der Waals surface area contributed by atoms with Crippen LogP contribution in [0, 0.1) is 23.3 Å². The lowest BCUT2D eigenvalue weighted by Gasteiger charge is -2.12. The van der Waals surface area contributed by atoms with Crippen LogP contribution in [0.2, 0.25) is 0 Å². The first kappa shape index (κ1) is 28.5. The Morgan fingerprint density at radius 2 is 1.69 bits per heavy atom. The number of anilines is 1. The number of hydrogen-bond acceptors (Lipinski definition) is 9. The van der Waals surface area contributed by atoms with E-state index < -0.39 is 59.0 Å². The fourth-order valence-corrected chi connectivity index (χ4v) is 4.25. The first-order valence-electron chi connectivity index (χ1n) is 11.2. The molecule has 16 heteroatoms. The van der Waals surface area contributed by atoms with E-state index >= 15 is 0 Å². The van der Waals surface area contributed by atoms with Crippen molar-refractivity contribution in [3.8, 4) is 23.0 Å². The quantitative estimate of drug-likeness (QED) is 0.206. The second-order valence-corrected chi connectivity index (χ2v) is 13.8. The van der Waals surface area contributed by atoms with Crippen molar-refractivity contribution in [1.82, 2.24) is 19.7 Å². The predicted molar refractivity (Wildman–Crippen MR) is 136 cm³/mol. The minimum atomic E-state index is -3.41. The van der Waals surface area contributed by atoms with Crippen LogP contribution in [0.3, 0.4) is 0 Å². The molecule has 0 aliphatic heterocycles. The highest BCUT2D eigenvalue weighted by Gasteiger charge is 2.24. The fourth-order valence-electron chi connectivity index (χ4n) is 3.39. The Bertz CT molecular complexity index is 1710. The maximum absolute atomic E-state index is 14.8. The maximum atomic E-state index is 14.8. The lowest BCUT2D eigenvalue weighted by molar-refractivity contribution is 0.232. The maximum Gasteiger partial charge on any atom is 0.326 e. The molecule has 0 aliphatic carbocycles. The Morgan fingerprint density at radius 3 is 2.36 bits per heavy atom. The SMILES string of the molecule is CP(C)(=O)OCn1nc(-c2cc(F)ccc2F)c2c(NCCS(C)(=O)=O)nc(Oc3ccc(F)cc3F)nc21. The van der Waals surface area contributed by atoms with Gasteiger partial charge in [-0.05, 0) is 30.3 Å². The van der Waals surface area contributed by atoms with Crippen molar-refractivity contribution in [3.05, 3.63) is 59.7 Å². The molecule has 4 rings (SSSR count). The Balaban J connectivity index is 1.93. The van der Waals surface area contributed by atoms with Crippen LogP contribution in [0.4, 0.5) is 23.4 Å². The average molecular weight is 587 g/mol. The molecule has 0 aliphatic rings. The van der Waals surface area contributed by atoms with Crippen LogP contribution in [0.15, 0.2) is 36.4 Å². The Labute approximate surface area is 220 Å². The van der Waals surface area contributed by atoms with Crippen molar-refractivity contribution in [1.29, 1.82) is 0 Å². The van der Waals surface area contributed by atoms with Gasteiger partial charge in [-0.25, -0.2) is 30.7 Å². The topological polar surface area (TPSA) is 125 Å². The highest BCUT2D eigenvalue weighted by molar-refractivity contribution is 7.90. The van der Waals surface area contributed by atoms with E-state index in [1.54, 1.807) is 0 Å². The van der Waals surface area contributed by atoms with Gasteiger partial charge in [-0.2, -0.15) is 15.1 Å². The third-order valence-electron chi connectivity index (χ3n) is 5.11. The van der Waals surface area contributed by atoms with Crippen molar-refractivity contribution < 1.29 is 39.8 Å². The largest absolute Gasteiger partial charge is 0.421 e. The number of halogens is 4. The molecule has 0 radical (unpaired) electrons. The van der Waals surface area contributed by atoms with E-state index in [0.717, 1.165) is 41.3 Å². The molecule has 0 atom stereocenters. The highest BCUT2D eigenvalue weighted by Crippen LogP contribution is 2.40. The fraction of sp³-hybridized carbons (Fsp3) is 0.261. The average Bonchev–Trinajstić information content (AvgIpc) is 3.18. The van der Waals surface area contributed by atoms with E-state index in [0.29, 0.717) is 6.07 Å². The van der Waals surface area contributed by atoms with Crippen molar-refractivity contribution in [2.75, 3.05) is 37.2 Å². The smallest absolute Gasteiger partial charge is 0.326 e. The molecule has 0 fully saturated rings. The van der Waals surface area contributed by atoms with Crippen LogP contribution < -0.4 is 10.1 Å². The van der Waals surface area contributed by atoms with Gasteiger partial charge in [-0.3, -0.25) is 4.57 Å². The first-order chi connectivity index (χ1) is 18.2. The van der Waals surface area contributed by atoms with E-state index in [4.69, 9.17) is 9.26 Å². The number of sulfone groups is 1. The molecule has 0 bridgehead atoms. The molecule has 2 heterocycles. The lowest BCUT2D eigenvalue weighted by atomic mass is 10.1. The second kappa shape index (κ2) is 10.9. The van der Waals surface area contributed by atoms with Crippen LogP contribution in [-0.2, 0) is 25.7 Å². The number of benzene rings is 2. The second-order valence-electron chi connectivity index (χ2n) is 8.77. The normalized spacial score (nSPS) is 12.2. The molecule has 208 valence electrons. The predicted octanol–water partition coefficient (Wildman–Crippen LogP) is 4.81. The number of nitrogens with one attached hydrogen (secondary N) is 1. The summed E-state index contributed by atoms with van der Waals surface area (Å²) in [6, 6.07) is 4.77. The third-order valence-corrected chi connectivity index (χ3v) is 6.79. The van der Waals surface area contributed by atoms with Crippen molar-refractivity contribution in [2.24, 2.45) is 0 Å². The summed E-state index contributed by atoms with van der Waals surface area (Å²) in [4.78, 5) is 8.39. The van der Waals surface area contributed by atoms with Crippen LogP contribution >= 0.6 is 7.37 Å². The van der Waals surface area contributed by atoms with E-state index in [2.05, 4.69) is 20.4 Å². The monoisotopic (exact) mass is 587 g/mol. The van der Waals surface area contributed by atoms with Gasteiger partial charge >= 0.3 is 6.01 Å². The molecule has 1 N–H and O–H groups in total. The first-order valence-corrected chi connectivity index (χ1v) is 15.8. The summed E-state index contributed by atoms with van der Waals surface area (Å²) in [5.74, 6) is -4.36. The molecular weight excluding hydrogens is 565 g/mol. The lowest BCUT2D eigenvalue weighted by Crippen LogP contribution is -2.15. The summed E-state index contributed by atoms with van der Waals surface area (Å²) >= 11 is 0. The van der Waals surface area contributed by atoms with E-state index in [9.17, 15) is 30.5 Å². The van der Waals surface area contributed by atoms with Crippen molar-refractivity contribution in [2.45, 2.75) is 6.73 Å². The summed E-state index contributed by atoms with van der Waals surface area (Å²) in [5, 5.41) is 7.10. The molecule has 0 unspecified atom stereocenters. The van der Waals surface area contributed by atoms with Gasteiger partial charge in [0.15, 0.2) is 24.6 Å². The summed E-state index contributed by atoms with van der Waals surface area (Å²) in [7, 11) is -6.47. The number of aromatic nitrogens is 4. The zero-order chi connectivity index (χ0) is 28.5. The van der Waals surface area contributed by atoms with Gasteiger partial charge < -0.3 is 14.6 Å². The number of hydrogen-bond donors (Lipinski definition) is 1. The van der Waals surface area contributed by atoms with E-state index in [1.807, 2.05) is 0 Å². The summed E-state index contributed by atoms with van der Waals surface area (Å²) < 4.78 is 104.